The van der Waals surface area contributed by atoms with E-state index in [4.69, 9.17) is 5.73 Å². The van der Waals surface area contributed by atoms with Crippen LogP contribution in [0.2, 0.25) is 0 Å². The van der Waals surface area contributed by atoms with E-state index in [-0.39, 0.29) is 0 Å². The molecule has 2 N–H and O–H groups in total. The Morgan fingerprint density at radius 3 is 2.82 bits per heavy atom. The summed E-state index contributed by atoms with van der Waals surface area (Å²) in [7, 11) is 0. The summed E-state index contributed by atoms with van der Waals surface area (Å²) < 4.78 is 1.87. The Balaban J connectivity index is 2.93. The number of rotatable bonds is 2. The van der Waals surface area contributed by atoms with Gasteiger partial charge in [-0.3, -0.25) is 0 Å². The topological polar surface area (TPSA) is 38.9 Å². The number of hydrogen-bond donors (Lipinski definition) is 1. The van der Waals surface area contributed by atoms with Crippen molar-refractivity contribution in [2.75, 3.05) is 6.54 Å². The van der Waals surface area contributed by atoms with Gasteiger partial charge in [-0.05, 0) is 56.5 Å². The van der Waals surface area contributed by atoms with E-state index in [1.54, 1.807) is 6.20 Å². The number of pyridine rings is 1. The Morgan fingerprint density at radius 1 is 1.45 bits per heavy atom. The maximum absolute atomic E-state index is 5.42. The number of nitrogens with zero attached hydrogens (tertiary/aromatic N) is 1. The Morgan fingerprint density at radius 2 is 2.18 bits per heavy atom. The van der Waals surface area contributed by atoms with Gasteiger partial charge in [0, 0.05) is 10.7 Å². The van der Waals surface area contributed by atoms with Crippen LogP contribution in [-0.4, -0.2) is 11.5 Å². The van der Waals surface area contributed by atoms with Crippen molar-refractivity contribution in [3.63, 3.8) is 0 Å². The molecule has 60 valence electrons. The Bertz CT molecular complexity index is 250. The van der Waals surface area contributed by atoms with Gasteiger partial charge < -0.3 is 5.73 Å². The molecule has 0 radical (unpaired) electrons. The molecular formula is C7H8Br2N2. The van der Waals surface area contributed by atoms with Crippen LogP contribution in [0.1, 0.15) is 5.56 Å². The summed E-state index contributed by atoms with van der Waals surface area (Å²) in [6, 6.07) is 2.02. The summed E-state index contributed by atoms with van der Waals surface area (Å²) in [6.45, 7) is 0.650. The zero-order valence-electron chi connectivity index (χ0n) is 5.85. The maximum Gasteiger partial charge on any atom is 0.109 e. The highest BCUT2D eigenvalue weighted by Crippen LogP contribution is 2.18. The summed E-state index contributed by atoms with van der Waals surface area (Å²) in [6.07, 6.45) is 2.61. The lowest BCUT2D eigenvalue weighted by Gasteiger charge is -2.00. The molecule has 0 saturated carbocycles. The van der Waals surface area contributed by atoms with E-state index in [2.05, 4.69) is 36.8 Å². The van der Waals surface area contributed by atoms with Gasteiger partial charge in [0.1, 0.15) is 4.60 Å². The smallest absolute Gasteiger partial charge is 0.109 e. The zero-order valence-corrected chi connectivity index (χ0v) is 9.02. The molecule has 0 amide bonds. The second-order valence-corrected chi connectivity index (χ2v) is 3.81. The molecule has 1 rings (SSSR count). The van der Waals surface area contributed by atoms with Crippen LogP contribution in [0, 0.1) is 0 Å². The van der Waals surface area contributed by atoms with E-state index in [9.17, 15) is 0 Å². The quantitative estimate of drug-likeness (QED) is 0.843. The van der Waals surface area contributed by atoms with Crippen molar-refractivity contribution in [3.8, 4) is 0 Å². The molecule has 0 saturated heterocycles. The van der Waals surface area contributed by atoms with E-state index in [1.165, 1.54) is 0 Å². The van der Waals surface area contributed by atoms with Gasteiger partial charge in [-0.2, -0.15) is 0 Å². The van der Waals surface area contributed by atoms with Crippen molar-refractivity contribution < 1.29 is 0 Å². The van der Waals surface area contributed by atoms with Crippen molar-refractivity contribution in [2.24, 2.45) is 5.73 Å². The first kappa shape index (κ1) is 9.16. The van der Waals surface area contributed by atoms with E-state index < -0.39 is 0 Å². The van der Waals surface area contributed by atoms with Crippen LogP contribution < -0.4 is 5.73 Å². The van der Waals surface area contributed by atoms with Crippen molar-refractivity contribution in [3.05, 3.63) is 26.9 Å². The first-order valence-electron chi connectivity index (χ1n) is 3.24. The normalized spacial score (nSPS) is 10.1. The van der Waals surface area contributed by atoms with Gasteiger partial charge in [0.15, 0.2) is 0 Å². The van der Waals surface area contributed by atoms with Crippen LogP contribution in [0.4, 0.5) is 0 Å². The van der Waals surface area contributed by atoms with Crippen LogP contribution in [-0.2, 0) is 6.42 Å². The molecule has 0 unspecified atom stereocenters. The fraction of sp³-hybridized carbons (Fsp3) is 0.286. The average Bonchev–Trinajstić information content (AvgIpc) is 1.98. The van der Waals surface area contributed by atoms with Gasteiger partial charge in [-0.15, -0.1) is 0 Å². The number of hydrogen-bond acceptors (Lipinski definition) is 2. The maximum atomic E-state index is 5.42. The molecule has 0 aliphatic heterocycles. The van der Waals surface area contributed by atoms with E-state index in [0.717, 1.165) is 21.1 Å². The van der Waals surface area contributed by atoms with E-state index >= 15 is 0 Å². The fourth-order valence-corrected chi connectivity index (χ4v) is 1.59. The molecule has 0 bridgehead atoms. The molecule has 4 heteroatoms. The Labute approximate surface area is 82.5 Å². The Kier molecular flexibility index (Phi) is 3.48. The predicted molar refractivity (Wildman–Crippen MR) is 52.4 cm³/mol. The predicted octanol–water partition coefficient (Wildman–Crippen LogP) is 2.11. The van der Waals surface area contributed by atoms with Crippen LogP contribution in [0.3, 0.4) is 0 Å². The molecule has 0 aliphatic rings. The molecule has 1 aromatic rings. The molecular weight excluding hydrogens is 272 g/mol. The molecule has 0 aliphatic carbocycles. The van der Waals surface area contributed by atoms with Gasteiger partial charge in [0.2, 0.25) is 0 Å². The highest BCUT2D eigenvalue weighted by molar-refractivity contribution is 9.11. The molecule has 0 atom stereocenters. The van der Waals surface area contributed by atoms with Crippen molar-refractivity contribution in [1.82, 2.24) is 4.98 Å². The van der Waals surface area contributed by atoms with E-state index in [1.807, 2.05) is 6.07 Å². The summed E-state index contributed by atoms with van der Waals surface area (Å²) in [5.74, 6) is 0. The molecule has 0 spiro atoms. The lowest BCUT2D eigenvalue weighted by Crippen LogP contribution is -2.03. The fourth-order valence-electron chi connectivity index (χ4n) is 0.795. The molecule has 11 heavy (non-hydrogen) atoms. The summed E-state index contributed by atoms with van der Waals surface area (Å²) in [4.78, 5) is 4.11. The minimum atomic E-state index is 0.650. The monoisotopic (exact) mass is 278 g/mol. The molecule has 0 fully saturated rings. The van der Waals surface area contributed by atoms with Gasteiger partial charge in [0.05, 0.1) is 0 Å². The summed E-state index contributed by atoms with van der Waals surface area (Å²) >= 11 is 6.69. The highest BCUT2D eigenvalue weighted by atomic mass is 79.9. The second-order valence-electron chi connectivity index (χ2n) is 2.14. The lowest BCUT2D eigenvalue weighted by atomic mass is 10.2. The van der Waals surface area contributed by atoms with Crippen LogP contribution >= 0.6 is 31.9 Å². The largest absolute Gasteiger partial charge is 0.330 e. The lowest BCUT2D eigenvalue weighted by molar-refractivity contribution is 0.947. The first-order valence-corrected chi connectivity index (χ1v) is 4.82. The standard InChI is InChI=1S/C7H8Br2N2/c8-6-3-5(1-2-10)7(9)11-4-6/h3-4H,1-2,10H2. The number of nitrogens with two attached hydrogens (primary N) is 1. The number of aromatic nitrogens is 1. The molecule has 2 nitrogen and oxygen atoms in total. The number of halogens is 2. The minimum Gasteiger partial charge on any atom is -0.330 e. The summed E-state index contributed by atoms with van der Waals surface area (Å²) in [5, 5.41) is 0. The van der Waals surface area contributed by atoms with Gasteiger partial charge in [0.25, 0.3) is 0 Å². The summed E-state index contributed by atoms with van der Waals surface area (Å²) in [5.41, 5.74) is 6.56. The third-order valence-electron chi connectivity index (χ3n) is 1.29. The SMILES string of the molecule is NCCc1cc(Br)cnc1Br. The third-order valence-corrected chi connectivity index (χ3v) is 2.44. The molecule has 0 aromatic carbocycles. The van der Waals surface area contributed by atoms with Gasteiger partial charge >= 0.3 is 0 Å². The van der Waals surface area contributed by atoms with E-state index in [0.29, 0.717) is 6.54 Å². The first-order chi connectivity index (χ1) is 5.24. The average molecular weight is 280 g/mol. The molecule has 1 heterocycles. The second kappa shape index (κ2) is 4.18. The molecule has 1 aromatic heterocycles. The van der Waals surface area contributed by atoms with Crippen LogP contribution in [0.15, 0.2) is 21.3 Å². The van der Waals surface area contributed by atoms with Crippen LogP contribution in [0.5, 0.6) is 0 Å². The third kappa shape index (κ3) is 2.54. The van der Waals surface area contributed by atoms with Crippen molar-refractivity contribution >= 4 is 31.9 Å². The van der Waals surface area contributed by atoms with Crippen LogP contribution in [0.25, 0.3) is 0 Å². The van der Waals surface area contributed by atoms with Gasteiger partial charge in [-0.1, -0.05) is 0 Å². The Hall–Kier alpha value is 0.0700. The van der Waals surface area contributed by atoms with Crippen molar-refractivity contribution in [1.29, 1.82) is 0 Å². The minimum absolute atomic E-state index is 0.650. The van der Waals surface area contributed by atoms with Crippen molar-refractivity contribution in [2.45, 2.75) is 6.42 Å². The highest BCUT2D eigenvalue weighted by Gasteiger charge is 1.99. The van der Waals surface area contributed by atoms with Gasteiger partial charge in [-0.25, -0.2) is 4.98 Å². The zero-order chi connectivity index (χ0) is 8.27.